The molecule has 1 aromatic carbocycles. The number of hydrogen-bond acceptors (Lipinski definition) is 2. The van der Waals surface area contributed by atoms with Gasteiger partial charge in [-0.2, -0.15) is 0 Å². The second kappa shape index (κ2) is 8.02. The zero-order valence-corrected chi connectivity index (χ0v) is 18.1. The molecule has 0 radical (unpaired) electrons. The van der Waals surface area contributed by atoms with Gasteiger partial charge in [-0.1, -0.05) is 74.4 Å². The first kappa shape index (κ1) is 23.8. The Bertz CT molecular complexity index is 584. The van der Waals surface area contributed by atoms with E-state index in [4.69, 9.17) is 4.74 Å². The van der Waals surface area contributed by atoms with Gasteiger partial charge in [0, 0.05) is 5.41 Å². The molecule has 27 heavy (non-hydrogen) atoms. The van der Waals surface area contributed by atoms with E-state index in [0.717, 1.165) is 12.0 Å². The Kier molecular flexibility index (Phi) is 7.07. The van der Waals surface area contributed by atoms with E-state index >= 15 is 0 Å². The first-order valence-electron chi connectivity index (χ1n) is 9.40. The highest BCUT2D eigenvalue weighted by Crippen LogP contribution is 2.43. The van der Waals surface area contributed by atoms with Crippen LogP contribution in [0.15, 0.2) is 24.3 Å². The van der Waals surface area contributed by atoms with Crippen molar-refractivity contribution in [1.29, 1.82) is 0 Å². The Morgan fingerprint density at radius 2 is 1.26 bits per heavy atom. The maximum Gasteiger partial charge on any atom is 0.525 e. The molecule has 0 aliphatic carbocycles. The third-order valence-corrected chi connectivity index (χ3v) is 4.34. The maximum absolute atomic E-state index is 12.7. The lowest BCUT2D eigenvalue weighted by Gasteiger charge is -2.36. The Hall–Kier alpha value is -1.23. The molecule has 2 unspecified atom stereocenters. The summed E-state index contributed by atoms with van der Waals surface area (Å²) in [6, 6.07) is 7.36. The van der Waals surface area contributed by atoms with Gasteiger partial charge in [-0.3, -0.25) is 4.74 Å². The van der Waals surface area contributed by atoms with E-state index in [-0.39, 0.29) is 10.8 Å². The Morgan fingerprint density at radius 3 is 1.59 bits per heavy atom. The van der Waals surface area contributed by atoms with Crippen LogP contribution in [0.25, 0.3) is 0 Å². The van der Waals surface area contributed by atoms with Crippen molar-refractivity contribution < 1.29 is 22.6 Å². The van der Waals surface area contributed by atoms with Crippen LogP contribution in [0, 0.1) is 16.2 Å². The molecule has 0 aliphatic heterocycles. The van der Waals surface area contributed by atoms with Gasteiger partial charge in [0.15, 0.2) is 0 Å². The van der Waals surface area contributed by atoms with Crippen molar-refractivity contribution in [2.75, 3.05) is 0 Å². The standard InChI is InChI=1S/C22H35F3O2/c1-19(2,3)14-17(20(4,5)6)15-10-12-16(13-11-15)26-18(21(7,8)9)27-22(23,24)25/h10-13,17-18H,14H2,1-9H3. The van der Waals surface area contributed by atoms with Crippen LogP contribution >= 0.6 is 0 Å². The molecule has 1 aromatic rings. The third-order valence-electron chi connectivity index (χ3n) is 4.34. The SMILES string of the molecule is CC(C)(C)CC(c1ccc(OC(OC(F)(F)F)C(C)(C)C)cc1)C(C)(C)C. The average molecular weight is 389 g/mol. The monoisotopic (exact) mass is 388 g/mol. The van der Waals surface area contributed by atoms with Crippen LogP contribution in [-0.4, -0.2) is 12.7 Å². The Morgan fingerprint density at radius 1 is 0.778 bits per heavy atom. The number of hydrogen-bond donors (Lipinski definition) is 0. The van der Waals surface area contributed by atoms with Crippen molar-refractivity contribution in [3.05, 3.63) is 29.8 Å². The topological polar surface area (TPSA) is 18.5 Å². The first-order chi connectivity index (χ1) is 11.9. The van der Waals surface area contributed by atoms with Crippen molar-refractivity contribution in [1.82, 2.24) is 0 Å². The second-order valence-corrected chi connectivity index (χ2v) is 10.6. The molecule has 0 saturated carbocycles. The molecule has 156 valence electrons. The number of ether oxygens (including phenoxy) is 2. The van der Waals surface area contributed by atoms with Crippen LogP contribution in [-0.2, 0) is 4.74 Å². The predicted octanol–water partition coefficient (Wildman–Crippen LogP) is 7.54. The lowest BCUT2D eigenvalue weighted by atomic mass is 9.69. The minimum Gasteiger partial charge on any atom is -0.464 e. The molecule has 0 bridgehead atoms. The highest BCUT2D eigenvalue weighted by molar-refractivity contribution is 5.30. The van der Waals surface area contributed by atoms with Gasteiger partial charge < -0.3 is 4.74 Å². The highest BCUT2D eigenvalue weighted by Gasteiger charge is 2.40. The second-order valence-electron chi connectivity index (χ2n) is 10.6. The van der Waals surface area contributed by atoms with Crippen LogP contribution in [0.2, 0.25) is 0 Å². The van der Waals surface area contributed by atoms with Gasteiger partial charge in [0.25, 0.3) is 0 Å². The van der Waals surface area contributed by atoms with E-state index in [0.29, 0.717) is 11.7 Å². The Balaban J connectivity index is 3.05. The lowest BCUT2D eigenvalue weighted by Crippen LogP contribution is -2.39. The van der Waals surface area contributed by atoms with Crippen LogP contribution in [0.3, 0.4) is 0 Å². The Labute approximate surface area is 162 Å². The van der Waals surface area contributed by atoms with E-state index in [1.54, 1.807) is 32.9 Å². The summed E-state index contributed by atoms with van der Waals surface area (Å²) in [6.45, 7) is 18.2. The number of halogens is 3. The predicted molar refractivity (Wildman–Crippen MR) is 104 cm³/mol. The summed E-state index contributed by atoms with van der Waals surface area (Å²) in [5.41, 5.74) is 0.580. The smallest absolute Gasteiger partial charge is 0.464 e. The van der Waals surface area contributed by atoms with Crippen molar-refractivity contribution in [3.63, 3.8) is 0 Å². The fraction of sp³-hybridized carbons (Fsp3) is 0.727. The first-order valence-corrected chi connectivity index (χ1v) is 9.40. The van der Waals surface area contributed by atoms with Gasteiger partial charge in [0.2, 0.25) is 6.29 Å². The third kappa shape index (κ3) is 8.54. The van der Waals surface area contributed by atoms with Crippen LogP contribution in [0.1, 0.15) is 80.2 Å². The summed E-state index contributed by atoms with van der Waals surface area (Å²) in [7, 11) is 0. The number of benzene rings is 1. The molecule has 2 nitrogen and oxygen atoms in total. The summed E-state index contributed by atoms with van der Waals surface area (Å²) >= 11 is 0. The fourth-order valence-corrected chi connectivity index (χ4v) is 2.94. The zero-order valence-electron chi connectivity index (χ0n) is 18.1. The largest absolute Gasteiger partial charge is 0.525 e. The molecule has 0 N–H and O–H groups in total. The summed E-state index contributed by atoms with van der Waals surface area (Å²) < 4.78 is 47.8. The molecule has 0 saturated heterocycles. The van der Waals surface area contributed by atoms with Gasteiger partial charge in [0.05, 0.1) is 0 Å². The van der Waals surface area contributed by atoms with Crippen molar-refractivity contribution in [3.8, 4) is 5.75 Å². The molecule has 1 rings (SSSR count). The van der Waals surface area contributed by atoms with Crippen molar-refractivity contribution in [2.45, 2.75) is 87.3 Å². The van der Waals surface area contributed by atoms with Gasteiger partial charge >= 0.3 is 6.36 Å². The van der Waals surface area contributed by atoms with Crippen LogP contribution < -0.4 is 4.74 Å². The minimum atomic E-state index is -4.75. The maximum atomic E-state index is 12.7. The van der Waals surface area contributed by atoms with Crippen molar-refractivity contribution in [2.24, 2.45) is 16.2 Å². The van der Waals surface area contributed by atoms with Gasteiger partial charge in [-0.15, -0.1) is 13.2 Å². The molecule has 0 aliphatic rings. The van der Waals surface area contributed by atoms with Crippen LogP contribution in [0.4, 0.5) is 13.2 Å². The van der Waals surface area contributed by atoms with Crippen LogP contribution in [0.5, 0.6) is 5.75 Å². The molecular formula is C22H35F3O2. The quantitative estimate of drug-likeness (QED) is 0.485. The summed E-state index contributed by atoms with van der Waals surface area (Å²) in [6.07, 6.45) is -5.16. The highest BCUT2D eigenvalue weighted by atomic mass is 19.4. The van der Waals surface area contributed by atoms with Gasteiger partial charge in [0.1, 0.15) is 5.75 Å². The fourth-order valence-electron chi connectivity index (χ4n) is 2.94. The molecule has 0 fully saturated rings. The summed E-state index contributed by atoms with van der Waals surface area (Å²) in [5.74, 6) is 0.697. The van der Waals surface area contributed by atoms with Gasteiger partial charge in [-0.05, 0) is 40.9 Å². The van der Waals surface area contributed by atoms with Crippen molar-refractivity contribution >= 4 is 0 Å². The molecular weight excluding hydrogens is 353 g/mol. The normalized spacial score (nSPS) is 16.1. The van der Waals surface area contributed by atoms with E-state index in [2.05, 4.69) is 46.3 Å². The molecule has 2 atom stereocenters. The zero-order chi connectivity index (χ0) is 21.3. The van der Waals surface area contributed by atoms with E-state index in [9.17, 15) is 13.2 Å². The molecule has 0 amide bonds. The number of alkyl halides is 3. The molecule has 0 spiro atoms. The van der Waals surface area contributed by atoms with E-state index < -0.39 is 18.1 Å². The van der Waals surface area contributed by atoms with E-state index in [1.807, 2.05) is 12.1 Å². The minimum absolute atomic E-state index is 0.0724. The number of rotatable bonds is 5. The molecule has 5 heteroatoms. The summed E-state index contributed by atoms with van der Waals surface area (Å²) in [5, 5.41) is 0. The lowest BCUT2D eigenvalue weighted by molar-refractivity contribution is -0.381. The summed E-state index contributed by atoms with van der Waals surface area (Å²) in [4.78, 5) is 0. The van der Waals surface area contributed by atoms with E-state index in [1.165, 1.54) is 0 Å². The van der Waals surface area contributed by atoms with Gasteiger partial charge in [-0.25, -0.2) is 0 Å². The molecule has 0 aromatic heterocycles. The average Bonchev–Trinajstić information content (AvgIpc) is 2.40. The molecule has 0 heterocycles.